The van der Waals surface area contributed by atoms with Crippen LogP contribution in [0.25, 0.3) is 0 Å². The van der Waals surface area contributed by atoms with E-state index in [-0.39, 0.29) is 35.5 Å². The van der Waals surface area contributed by atoms with Crippen molar-refractivity contribution < 1.29 is 22.4 Å². The largest absolute Gasteiger partial charge is 0.352 e. The molecular formula is C38H42FN3O4S. The summed E-state index contributed by atoms with van der Waals surface area (Å²) in [5.41, 5.74) is 3.89. The summed E-state index contributed by atoms with van der Waals surface area (Å²) in [6, 6.07) is 27.7. The van der Waals surface area contributed by atoms with Gasteiger partial charge in [0, 0.05) is 19.0 Å². The van der Waals surface area contributed by atoms with Crippen LogP contribution < -0.4 is 9.62 Å². The normalized spacial score (nSPS) is 14.3. The third-order valence-electron chi connectivity index (χ3n) is 8.83. The van der Waals surface area contributed by atoms with Crippen LogP contribution in [0.2, 0.25) is 0 Å². The van der Waals surface area contributed by atoms with Crippen molar-refractivity contribution >= 4 is 27.5 Å². The molecule has 0 bridgehead atoms. The lowest BCUT2D eigenvalue weighted by molar-refractivity contribution is -0.140. The van der Waals surface area contributed by atoms with Crippen molar-refractivity contribution in [1.29, 1.82) is 0 Å². The maximum Gasteiger partial charge on any atom is 0.264 e. The Morgan fingerprint density at radius 3 is 2.13 bits per heavy atom. The molecule has 1 aliphatic rings. The van der Waals surface area contributed by atoms with Gasteiger partial charge in [0.15, 0.2) is 0 Å². The summed E-state index contributed by atoms with van der Waals surface area (Å²) >= 11 is 0. The van der Waals surface area contributed by atoms with Crippen molar-refractivity contribution in [2.45, 2.75) is 75.9 Å². The Balaban J connectivity index is 1.56. The Kier molecular flexibility index (Phi) is 11.1. The minimum absolute atomic E-state index is 0.0212. The number of nitrogens with one attached hydrogen (secondary N) is 1. The second-order valence-corrected chi connectivity index (χ2v) is 14.2. The molecule has 2 amide bonds. The van der Waals surface area contributed by atoms with Crippen LogP contribution in [0.15, 0.2) is 108 Å². The fourth-order valence-electron chi connectivity index (χ4n) is 6.04. The molecular weight excluding hydrogens is 614 g/mol. The van der Waals surface area contributed by atoms with Gasteiger partial charge in [0.25, 0.3) is 10.0 Å². The van der Waals surface area contributed by atoms with E-state index in [2.05, 4.69) is 5.32 Å². The summed E-state index contributed by atoms with van der Waals surface area (Å²) in [7, 11) is -4.30. The van der Waals surface area contributed by atoms with Crippen LogP contribution in [0.1, 0.15) is 54.4 Å². The zero-order valence-corrected chi connectivity index (χ0v) is 27.8. The lowest BCUT2D eigenvalue weighted by Crippen LogP contribution is -2.55. The van der Waals surface area contributed by atoms with Crippen molar-refractivity contribution in [3.63, 3.8) is 0 Å². The van der Waals surface area contributed by atoms with Gasteiger partial charge in [0.1, 0.15) is 18.4 Å². The average Bonchev–Trinajstić information content (AvgIpc) is 3.07. The second kappa shape index (κ2) is 15.4. The average molecular weight is 656 g/mol. The third-order valence-corrected chi connectivity index (χ3v) is 10.6. The van der Waals surface area contributed by atoms with Crippen LogP contribution in [0.5, 0.6) is 0 Å². The van der Waals surface area contributed by atoms with Crippen molar-refractivity contribution in [3.8, 4) is 0 Å². The summed E-state index contributed by atoms with van der Waals surface area (Å²) in [4.78, 5) is 30.2. The van der Waals surface area contributed by atoms with Gasteiger partial charge in [0.05, 0.1) is 10.6 Å². The number of hydrogen-bond donors (Lipinski definition) is 1. The molecule has 1 fully saturated rings. The monoisotopic (exact) mass is 655 g/mol. The molecule has 0 aliphatic heterocycles. The SMILES string of the molecule is Cc1ccc(N(CC(=O)N(Cc2ccccc2C)C(Cc2ccccc2)C(=O)NC2CCCCC2)S(=O)(=O)c2ccc(F)cc2)cc1. The minimum Gasteiger partial charge on any atom is -0.352 e. The van der Waals surface area contributed by atoms with E-state index in [1.807, 2.05) is 68.4 Å². The summed E-state index contributed by atoms with van der Waals surface area (Å²) in [5, 5.41) is 3.23. The van der Waals surface area contributed by atoms with Crippen molar-refractivity contribution in [2.75, 3.05) is 10.8 Å². The van der Waals surface area contributed by atoms with E-state index < -0.39 is 34.3 Å². The molecule has 0 spiro atoms. The number of rotatable bonds is 12. The summed E-state index contributed by atoms with van der Waals surface area (Å²) in [6.07, 6.45) is 5.22. The van der Waals surface area contributed by atoms with Gasteiger partial charge in [-0.2, -0.15) is 0 Å². The van der Waals surface area contributed by atoms with Crippen LogP contribution in [0.3, 0.4) is 0 Å². The van der Waals surface area contributed by atoms with E-state index in [0.29, 0.717) is 0 Å². The smallest absolute Gasteiger partial charge is 0.264 e. The van der Waals surface area contributed by atoms with Gasteiger partial charge >= 0.3 is 0 Å². The molecule has 1 unspecified atom stereocenters. The molecule has 7 nitrogen and oxygen atoms in total. The molecule has 0 saturated heterocycles. The van der Waals surface area contributed by atoms with Gasteiger partial charge in [-0.3, -0.25) is 13.9 Å². The van der Waals surface area contributed by atoms with Crippen LogP contribution in [0, 0.1) is 19.7 Å². The van der Waals surface area contributed by atoms with Crippen LogP contribution in [-0.2, 0) is 32.6 Å². The standard InChI is InChI=1S/C38H42FN3O4S/c1-28-17-21-34(22-18-28)42(47(45,46)35-23-19-32(39)20-24-35)27-37(43)41(26-31-14-10-9-11-29(31)2)36(25-30-12-5-3-6-13-30)38(44)40-33-15-7-4-8-16-33/h3,5-6,9-14,17-24,33,36H,4,7-8,15-16,25-27H2,1-2H3,(H,40,44). The number of carbonyl (C=O) groups excluding carboxylic acids is 2. The van der Waals surface area contributed by atoms with E-state index >= 15 is 0 Å². The summed E-state index contributed by atoms with van der Waals surface area (Å²) in [5.74, 6) is -1.36. The van der Waals surface area contributed by atoms with Crippen molar-refractivity contribution in [1.82, 2.24) is 10.2 Å². The first-order valence-corrected chi connectivity index (χ1v) is 17.6. The molecule has 0 radical (unpaired) electrons. The molecule has 47 heavy (non-hydrogen) atoms. The molecule has 1 N–H and O–H groups in total. The number of halogens is 1. The number of nitrogens with zero attached hydrogens (tertiary/aromatic N) is 2. The number of anilines is 1. The number of amides is 2. The molecule has 1 atom stereocenters. The lowest BCUT2D eigenvalue weighted by Gasteiger charge is -2.35. The molecule has 0 heterocycles. The zero-order chi connectivity index (χ0) is 33.4. The van der Waals surface area contributed by atoms with Gasteiger partial charge in [-0.05, 0) is 79.8 Å². The first kappa shape index (κ1) is 33.9. The Bertz CT molecular complexity index is 1760. The maximum atomic E-state index is 14.6. The quantitative estimate of drug-likeness (QED) is 0.184. The molecule has 4 aromatic rings. The summed E-state index contributed by atoms with van der Waals surface area (Å²) in [6.45, 7) is 3.39. The van der Waals surface area contributed by atoms with Gasteiger partial charge in [-0.15, -0.1) is 0 Å². The molecule has 4 aromatic carbocycles. The van der Waals surface area contributed by atoms with Crippen LogP contribution in [0.4, 0.5) is 10.1 Å². The fraction of sp³-hybridized carbons (Fsp3) is 0.316. The van der Waals surface area contributed by atoms with Gasteiger partial charge < -0.3 is 10.2 Å². The number of aryl methyl sites for hydroxylation is 2. The van der Waals surface area contributed by atoms with Crippen molar-refractivity contribution in [3.05, 3.63) is 131 Å². The van der Waals surface area contributed by atoms with E-state index in [1.165, 1.54) is 17.0 Å². The molecule has 5 rings (SSSR count). The number of benzene rings is 4. The van der Waals surface area contributed by atoms with Gasteiger partial charge in [0.2, 0.25) is 11.8 Å². The van der Waals surface area contributed by atoms with E-state index in [9.17, 15) is 22.4 Å². The van der Waals surface area contributed by atoms with E-state index in [0.717, 1.165) is 70.8 Å². The van der Waals surface area contributed by atoms with E-state index in [4.69, 9.17) is 0 Å². The highest BCUT2D eigenvalue weighted by molar-refractivity contribution is 7.92. The highest BCUT2D eigenvalue weighted by Crippen LogP contribution is 2.26. The predicted octanol–water partition coefficient (Wildman–Crippen LogP) is 6.73. The first-order valence-electron chi connectivity index (χ1n) is 16.1. The Hall–Kier alpha value is -4.50. The van der Waals surface area contributed by atoms with Crippen LogP contribution >= 0.6 is 0 Å². The highest BCUT2D eigenvalue weighted by Gasteiger charge is 2.35. The number of carbonyl (C=O) groups is 2. The second-order valence-electron chi connectivity index (χ2n) is 12.3. The molecule has 0 aromatic heterocycles. The third kappa shape index (κ3) is 8.65. The molecule has 9 heteroatoms. The van der Waals surface area contributed by atoms with E-state index in [1.54, 1.807) is 24.3 Å². The Morgan fingerprint density at radius 1 is 0.830 bits per heavy atom. The summed E-state index contributed by atoms with van der Waals surface area (Å²) < 4.78 is 43.1. The zero-order valence-electron chi connectivity index (χ0n) is 26.9. The maximum absolute atomic E-state index is 14.6. The number of hydrogen-bond acceptors (Lipinski definition) is 4. The van der Waals surface area contributed by atoms with Gasteiger partial charge in [-0.25, -0.2) is 12.8 Å². The van der Waals surface area contributed by atoms with Gasteiger partial charge in [-0.1, -0.05) is 91.6 Å². The highest BCUT2D eigenvalue weighted by atomic mass is 32.2. The molecule has 1 saturated carbocycles. The van der Waals surface area contributed by atoms with Crippen LogP contribution in [-0.4, -0.2) is 43.8 Å². The lowest BCUT2D eigenvalue weighted by atomic mass is 9.94. The number of sulfonamides is 1. The molecule has 1 aliphatic carbocycles. The Labute approximate surface area is 277 Å². The Morgan fingerprint density at radius 2 is 1.47 bits per heavy atom. The minimum atomic E-state index is -4.30. The fourth-order valence-corrected chi connectivity index (χ4v) is 7.46. The van der Waals surface area contributed by atoms with Crippen molar-refractivity contribution in [2.24, 2.45) is 0 Å². The first-order chi connectivity index (χ1) is 22.6. The predicted molar refractivity (Wildman–Crippen MR) is 183 cm³/mol. The molecule has 246 valence electrons. The topological polar surface area (TPSA) is 86.8 Å².